The van der Waals surface area contributed by atoms with E-state index in [2.05, 4.69) is 4.98 Å². The van der Waals surface area contributed by atoms with Crippen LogP contribution in [0.5, 0.6) is 5.75 Å². The number of ether oxygens (including phenoxy) is 1. The Bertz CT molecular complexity index is 675. The Hall–Kier alpha value is -1.89. The van der Waals surface area contributed by atoms with Crippen LogP contribution in [0.3, 0.4) is 0 Å². The molecule has 3 rings (SSSR count). The number of benzene rings is 1. The van der Waals surface area contributed by atoms with Crippen molar-refractivity contribution in [1.82, 2.24) is 4.98 Å². The molecule has 1 aromatic carbocycles. The largest absolute Gasteiger partial charge is 0.497 e. The van der Waals surface area contributed by atoms with Gasteiger partial charge in [-0.1, -0.05) is 0 Å². The lowest BCUT2D eigenvalue weighted by molar-refractivity contribution is -1.01. The van der Waals surface area contributed by atoms with Gasteiger partial charge in [0.1, 0.15) is 45.0 Å². The van der Waals surface area contributed by atoms with Crippen LogP contribution in [-0.4, -0.2) is 68.9 Å². The van der Waals surface area contributed by atoms with Crippen molar-refractivity contribution < 1.29 is 24.4 Å². The molecule has 0 radical (unpaired) electrons. The highest BCUT2D eigenvalue weighted by atomic mass is 16.5. The summed E-state index contributed by atoms with van der Waals surface area (Å²) in [5.41, 5.74) is 1.69. The zero-order chi connectivity index (χ0) is 16.2. The minimum Gasteiger partial charge on any atom is -0.497 e. The number of H-pyrrole nitrogens is 1. The first-order chi connectivity index (χ1) is 11.2. The molecule has 0 spiro atoms. The molecular formula is C17H25N3O3+2. The fourth-order valence-electron chi connectivity index (χ4n) is 3.33. The van der Waals surface area contributed by atoms with E-state index in [0.717, 1.165) is 54.9 Å². The third kappa shape index (κ3) is 3.55. The van der Waals surface area contributed by atoms with Crippen LogP contribution in [0.15, 0.2) is 24.4 Å². The Morgan fingerprint density at radius 3 is 2.70 bits per heavy atom. The molecule has 1 fully saturated rings. The topological polar surface area (TPSA) is 71.2 Å². The summed E-state index contributed by atoms with van der Waals surface area (Å²) >= 11 is 0. The second kappa shape index (κ2) is 7.12. The molecule has 1 aromatic heterocycles. The number of carbonyl (C=O) groups is 1. The van der Waals surface area contributed by atoms with Crippen LogP contribution in [0.4, 0.5) is 0 Å². The molecule has 124 valence electrons. The molecule has 0 bridgehead atoms. The van der Waals surface area contributed by atoms with E-state index in [-0.39, 0.29) is 12.4 Å². The molecule has 0 aliphatic carbocycles. The lowest BCUT2D eigenvalue weighted by Crippen LogP contribution is -3.28. The van der Waals surface area contributed by atoms with E-state index in [0.29, 0.717) is 6.54 Å². The van der Waals surface area contributed by atoms with Gasteiger partial charge in [-0.3, -0.25) is 4.79 Å². The first kappa shape index (κ1) is 16.0. The zero-order valence-electron chi connectivity index (χ0n) is 13.5. The molecule has 0 atom stereocenters. The van der Waals surface area contributed by atoms with Crippen molar-refractivity contribution in [3.05, 3.63) is 30.0 Å². The zero-order valence-corrected chi connectivity index (χ0v) is 13.5. The Labute approximate surface area is 135 Å². The smallest absolute Gasteiger partial charge is 0.219 e. The highest BCUT2D eigenvalue weighted by Crippen LogP contribution is 2.23. The summed E-state index contributed by atoms with van der Waals surface area (Å²) in [6.07, 6.45) is 1.80. The van der Waals surface area contributed by atoms with Crippen molar-refractivity contribution in [3.63, 3.8) is 0 Å². The van der Waals surface area contributed by atoms with Crippen molar-refractivity contribution in [2.45, 2.75) is 0 Å². The summed E-state index contributed by atoms with van der Waals surface area (Å²) in [5, 5.41) is 9.96. The molecule has 0 unspecified atom stereocenters. The number of carbonyl (C=O) groups excluding carboxylic acids is 1. The van der Waals surface area contributed by atoms with Crippen molar-refractivity contribution in [3.8, 4) is 5.75 Å². The highest BCUT2D eigenvalue weighted by Gasteiger charge is 2.25. The van der Waals surface area contributed by atoms with Crippen molar-refractivity contribution >= 4 is 16.7 Å². The molecule has 1 aliphatic rings. The number of aromatic amines is 1. The molecule has 1 saturated heterocycles. The maximum Gasteiger partial charge on any atom is 0.219 e. The van der Waals surface area contributed by atoms with E-state index < -0.39 is 0 Å². The van der Waals surface area contributed by atoms with Gasteiger partial charge in [0.15, 0.2) is 0 Å². The maximum absolute atomic E-state index is 12.6. The Morgan fingerprint density at radius 2 is 2.00 bits per heavy atom. The summed E-state index contributed by atoms with van der Waals surface area (Å²) in [5.74, 6) is 0.967. The quantitative estimate of drug-likeness (QED) is 0.472. The van der Waals surface area contributed by atoms with Crippen LogP contribution in [0.25, 0.3) is 10.9 Å². The highest BCUT2D eigenvalue weighted by molar-refractivity contribution is 6.08. The summed E-state index contributed by atoms with van der Waals surface area (Å²) in [6.45, 7) is 5.59. The van der Waals surface area contributed by atoms with Gasteiger partial charge in [0.2, 0.25) is 5.78 Å². The summed E-state index contributed by atoms with van der Waals surface area (Å²) in [7, 11) is 1.64. The van der Waals surface area contributed by atoms with Gasteiger partial charge in [-0.15, -0.1) is 0 Å². The van der Waals surface area contributed by atoms with E-state index in [4.69, 9.17) is 9.84 Å². The van der Waals surface area contributed by atoms with Gasteiger partial charge in [0.25, 0.3) is 0 Å². The van der Waals surface area contributed by atoms with Gasteiger partial charge in [-0.2, -0.15) is 0 Å². The van der Waals surface area contributed by atoms with Crippen molar-refractivity contribution in [2.75, 3.05) is 53.0 Å². The number of piperazine rings is 1. The summed E-state index contributed by atoms with van der Waals surface area (Å²) < 4.78 is 5.21. The lowest BCUT2D eigenvalue weighted by Gasteiger charge is -2.28. The van der Waals surface area contributed by atoms with Gasteiger partial charge in [0.05, 0.1) is 13.7 Å². The first-order valence-corrected chi connectivity index (χ1v) is 8.17. The molecule has 0 amide bonds. The molecule has 6 heteroatoms. The predicted octanol–water partition coefficient (Wildman–Crippen LogP) is -1.87. The average molecular weight is 319 g/mol. The standard InChI is InChI=1S/C17H23N3O3/c1-23-13-2-3-14-15(11-18-16(14)10-13)17(22)12-20-6-4-19(5-7-20)8-9-21/h2-3,10-11,18,21H,4-9,12H2,1H3/p+2. The molecular weight excluding hydrogens is 294 g/mol. The number of methoxy groups -OCH3 is 1. The van der Waals surface area contributed by atoms with E-state index in [1.54, 1.807) is 13.3 Å². The molecule has 23 heavy (non-hydrogen) atoms. The molecule has 2 heterocycles. The van der Waals surface area contributed by atoms with Crippen LogP contribution in [0, 0.1) is 0 Å². The fraction of sp³-hybridized carbons (Fsp3) is 0.471. The molecule has 1 aliphatic heterocycles. The Balaban J connectivity index is 1.65. The Morgan fingerprint density at radius 1 is 1.26 bits per heavy atom. The lowest BCUT2D eigenvalue weighted by atomic mass is 10.1. The third-order valence-electron chi connectivity index (χ3n) is 4.73. The number of rotatable bonds is 6. The third-order valence-corrected chi connectivity index (χ3v) is 4.73. The molecule has 2 aromatic rings. The molecule has 4 N–H and O–H groups in total. The van der Waals surface area contributed by atoms with E-state index in [1.807, 2.05) is 18.2 Å². The van der Waals surface area contributed by atoms with Crippen molar-refractivity contribution in [2.24, 2.45) is 0 Å². The maximum atomic E-state index is 12.6. The summed E-state index contributed by atoms with van der Waals surface area (Å²) in [4.78, 5) is 18.6. The normalized spacial score (nSPS) is 21.5. The van der Waals surface area contributed by atoms with Gasteiger partial charge >= 0.3 is 0 Å². The van der Waals surface area contributed by atoms with Crippen LogP contribution in [0.2, 0.25) is 0 Å². The molecule has 0 saturated carbocycles. The van der Waals surface area contributed by atoms with Crippen molar-refractivity contribution in [1.29, 1.82) is 0 Å². The second-order valence-electron chi connectivity index (χ2n) is 6.19. The van der Waals surface area contributed by atoms with Crippen LogP contribution >= 0.6 is 0 Å². The van der Waals surface area contributed by atoms with Gasteiger partial charge in [-0.05, 0) is 12.1 Å². The number of hydrogen-bond acceptors (Lipinski definition) is 3. The van der Waals surface area contributed by atoms with E-state index in [1.165, 1.54) is 9.80 Å². The number of aliphatic hydroxyl groups excluding tert-OH is 1. The van der Waals surface area contributed by atoms with Gasteiger partial charge in [0, 0.05) is 28.7 Å². The monoisotopic (exact) mass is 319 g/mol. The number of aliphatic hydroxyl groups is 1. The summed E-state index contributed by atoms with van der Waals surface area (Å²) in [6, 6.07) is 5.74. The van der Waals surface area contributed by atoms with Crippen LogP contribution in [0.1, 0.15) is 10.4 Å². The number of quaternary nitrogens is 2. The minimum atomic E-state index is 0.182. The second-order valence-corrected chi connectivity index (χ2v) is 6.19. The van der Waals surface area contributed by atoms with Crippen LogP contribution in [-0.2, 0) is 0 Å². The number of ketones is 1. The first-order valence-electron chi connectivity index (χ1n) is 8.17. The number of nitrogens with one attached hydrogen (secondary N) is 3. The minimum absolute atomic E-state index is 0.182. The number of Topliss-reactive ketones (excluding diaryl/α,β-unsaturated/α-hetero) is 1. The number of aromatic nitrogens is 1. The number of hydrogen-bond donors (Lipinski definition) is 4. The van der Waals surface area contributed by atoms with Gasteiger partial charge < -0.3 is 24.6 Å². The van der Waals surface area contributed by atoms with Gasteiger partial charge in [-0.25, -0.2) is 0 Å². The van der Waals surface area contributed by atoms with Crippen LogP contribution < -0.4 is 14.5 Å². The predicted molar refractivity (Wildman–Crippen MR) is 87.4 cm³/mol. The molecule has 6 nitrogen and oxygen atoms in total. The van der Waals surface area contributed by atoms with E-state index >= 15 is 0 Å². The Kier molecular flexibility index (Phi) is 4.95. The number of fused-ring (bicyclic) bond motifs is 1. The fourth-order valence-corrected chi connectivity index (χ4v) is 3.33. The van der Waals surface area contributed by atoms with E-state index in [9.17, 15) is 4.79 Å². The average Bonchev–Trinajstić information content (AvgIpc) is 3.00. The SMILES string of the molecule is COc1ccc2c(C(=O)C[NH+]3CC[NH+](CCO)CC3)c[nH]c2c1.